The van der Waals surface area contributed by atoms with Gasteiger partial charge in [0.1, 0.15) is 5.69 Å². The summed E-state index contributed by atoms with van der Waals surface area (Å²) in [4.78, 5) is 26.5. The molecule has 1 rings (SSSR count). The van der Waals surface area contributed by atoms with Gasteiger partial charge in [-0.1, -0.05) is 25.6 Å². The molecule has 0 aromatic carbocycles. The average molecular weight is 386 g/mol. The van der Waals surface area contributed by atoms with E-state index in [0.717, 1.165) is 18.9 Å². The van der Waals surface area contributed by atoms with Crippen molar-refractivity contribution in [2.45, 2.75) is 32.9 Å². The van der Waals surface area contributed by atoms with Crippen LogP contribution >= 0.6 is 11.8 Å². The largest absolute Gasteiger partial charge is 0.465 e. The minimum Gasteiger partial charge on any atom is -0.465 e. The Kier molecular flexibility index (Phi) is 7.15. The molecule has 0 atom stereocenters. The van der Waals surface area contributed by atoms with Crippen molar-refractivity contribution in [3.63, 3.8) is 0 Å². The maximum atomic E-state index is 13.3. The highest BCUT2D eigenvalue weighted by Crippen LogP contribution is 2.39. The fourth-order valence-corrected chi connectivity index (χ4v) is 2.54. The fraction of sp³-hybridized carbons (Fsp3) is 0.500. The zero-order chi connectivity index (χ0) is 19.4. The van der Waals surface area contributed by atoms with Crippen LogP contribution in [0, 0.1) is 0 Å². The molecule has 1 amide bonds. The Morgan fingerprint density at radius 2 is 1.88 bits per heavy atom. The van der Waals surface area contributed by atoms with Gasteiger partial charge in [0.25, 0.3) is 11.7 Å². The molecule has 1 aromatic rings. The predicted octanol–water partition coefficient (Wildman–Crippen LogP) is 4.67. The molecule has 1 heterocycles. The highest BCUT2D eigenvalue weighted by Gasteiger charge is 2.41. The number of esters is 1. The van der Waals surface area contributed by atoms with Crippen LogP contribution in [0.3, 0.4) is 0 Å². The monoisotopic (exact) mass is 386 g/mol. The second-order valence-corrected chi connectivity index (χ2v) is 5.80. The van der Waals surface area contributed by atoms with Crippen molar-refractivity contribution in [3.05, 3.63) is 22.5 Å². The number of hydrogen-bond donors (Lipinski definition) is 1. The van der Waals surface area contributed by atoms with Gasteiger partial charge in [-0.15, -0.1) is 0 Å². The molecule has 0 bridgehead atoms. The van der Waals surface area contributed by atoms with Crippen LogP contribution in [0.2, 0.25) is 0 Å². The third kappa shape index (κ3) is 4.80. The summed E-state index contributed by atoms with van der Waals surface area (Å²) in [6, 6.07) is 0. The van der Waals surface area contributed by atoms with E-state index in [-0.39, 0.29) is 6.42 Å². The molecule has 0 aliphatic heterocycles. The zero-order valence-electron chi connectivity index (χ0n) is 13.5. The van der Waals surface area contributed by atoms with E-state index in [0.29, 0.717) is 5.75 Å². The molecule has 0 saturated heterocycles. The molecule has 0 unspecified atom stereocenters. The number of rotatable bonds is 5. The fourth-order valence-electron chi connectivity index (χ4n) is 2.10. The summed E-state index contributed by atoms with van der Waals surface area (Å²) in [6.45, 7) is 2.99. The lowest BCUT2D eigenvalue weighted by Crippen LogP contribution is -2.23. The number of aromatic nitrogens is 1. The van der Waals surface area contributed by atoms with Gasteiger partial charge in [-0.3, -0.25) is 4.79 Å². The van der Waals surface area contributed by atoms with Crippen LogP contribution in [-0.4, -0.2) is 29.1 Å². The van der Waals surface area contributed by atoms with E-state index in [1.54, 1.807) is 6.92 Å². The quantitative estimate of drug-likeness (QED) is 0.588. The van der Waals surface area contributed by atoms with Crippen LogP contribution in [0.15, 0.2) is 0 Å². The van der Waals surface area contributed by atoms with Gasteiger partial charge in [0.2, 0.25) is 0 Å². The molecule has 0 aliphatic carbocycles. The number of carbonyl (C=O) groups is 2. The smallest absolute Gasteiger partial charge is 0.434 e. The van der Waals surface area contributed by atoms with Crippen molar-refractivity contribution < 1.29 is 36.3 Å². The maximum absolute atomic E-state index is 13.3. The van der Waals surface area contributed by atoms with Gasteiger partial charge in [0.15, 0.2) is 5.69 Å². The summed E-state index contributed by atoms with van der Waals surface area (Å²) in [7, 11) is 0.855. The van der Waals surface area contributed by atoms with Gasteiger partial charge in [-0.05, 0) is 17.7 Å². The maximum Gasteiger partial charge on any atom is 0.434 e. The Labute approximate surface area is 144 Å². The zero-order valence-corrected chi connectivity index (χ0v) is 14.3. The summed E-state index contributed by atoms with van der Waals surface area (Å²) in [5, 5.41) is 1.36. The molecule has 0 radical (unpaired) electrons. The molecule has 0 fully saturated rings. The Hall–Kier alpha value is -1.91. The van der Waals surface area contributed by atoms with E-state index >= 15 is 0 Å². The normalized spacial score (nSPS) is 11.6. The predicted molar refractivity (Wildman–Crippen MR) is 82.1 cm³/mol. The number of nitrogens with one attached hydrogen (secondary N) is 1. The molecule has 25 heavy (non-hydrogen) atoms. The average Bonchev–Trinajstić information content (AvgIpc) is 2.52. The molecular weight excluding hydrogens is 371 g/mol. The van der Waals surface area contributed by atoms with Crippen LogP contribution in [-0.2, 0) is 17.3 Å². The summed E-state index contributed by atoms with van der Waals surface area (Å²) in [6.07, 6.45) is -8.78. The highest BCUT2D eigenvalue weighted by molar-refractivity contribution is 8.13. The summed E-state index contributed by atoms with van der Waals surface area (Å²) in [5.74, 6) is -1.06. The van der Waals surface area contributed by atoms with Crippen molar-refractivity contribution in [2.75, 3.05) is 18.2 Å². The molecule has 1 N–H and O–H groups in total. The second kappa shape index (κ2) is 8.45. The van der Waals surface area contributed by atoms with Crippen molar-refractivity contribution in [3.8, 4) is 0 Å². The van der Waals surface area contributed by atoms with Crippen molar-refractivity contribution in [1.29, 1.82) is 0 Å². The molecule has 5 nitrogen and oxygen atoms in total. The van der Waals surface area contributed by atoms with E-state index in [1.807, 2.05) is 0 Å². The number of methoxy groups -OCH3 is 1. The summed E-state index contributed by atoms with van der Waals surface area (Å²) < 4.78 is 70.5. The van der Waals surface area contributed by atoms with Crippen molar-refractivity contribution >= 4 is 28.7 Å². The third-order valence-electron chi connectivity index (χ3n) is 3.05. The third-order valence-corrected chi connectivity index (χ3v) is 3.70. The first-order valence-electron chi connectivity index (χ1n) is 7.02. The van der Waals surface area contributed by atoms with E-state index < -0.39 is 52.0 Å². The van der Waals surface area contributed by atoms with Gasteiger partial charge in [0, 0.05) is 0 Å². The molecule has 140 valence electrons. The minimum atomic E-state index is -5.15. The Bertz CT molecular complexity index is 665. The molecule has 0 saturated carbocycles. The highest BCUT2D eigenvalue weighted by atomic mass is 32.2. The number of nitrogens with zero attached hydrogens (tertiary/aromatic N) is 1. The molecule has 0 aliphatic rings. The number of carbonyl (C=O) groups excluding carboxylic acids is 2. The van der Waals surface area contributed by atoms with Gasteiger partial charge in [-0.25, -0.2) is 18.6 Å². The number of ether oxygens (including phenoxy) is 1. The number of thioether (sulfide) groups is 1. The Morgan fingerprint density at radius 3 is 2.28 bits per heavy atom. The Morgan fingerprint density at radius 1 is 1.28 bits per heavy atom. The number of hydrogen-bond acceptors (Lipinski definition) is 5. The number of halogens is 5. The van der Waals surface area contributed by atoms with Gasteiger partial charge < -0.3 is 10.1 Å². The second-order valence-electron chi connectivity index (χ2n) is 4.56. The van der Waals surface area contributed by atoms with Crippen molar-refractivity contribution in [2.24, 2.45) is 0 Å². The molecular formula is C14H15F5N2O3S. The number of alkyl halides is 5. The van der Waals surface area contributed by atoms with Crippen LogP contribution in [0.5, 0.6) is 0 Å². The first-order valence-corrected chi connectivity index (χ1v) is 8.01. The molecule has 0 spiro atoms. The van der Waals surface area contributed by atoms with Gasteiger partial charge in [-0.2, -0.15) is 13.2 Å². The minimum absolute atomic E-state index is 0.234. The summed E-state index contributed by atoms with van der Waals surface area (Å²) in [5.41, 5.74) is -5.01. The van der Waals surface area contributed by atoms with Crippen LogP contribution in [0.4, 0.5) is 32.4 Å². The lowest BCUT2D eigenvalue weighted by atomic mass is 9.99. The standard InChI is InChI=1S/C14H15F5N2O3S/c1-4-6-7(12(22)24-3)10(14(17,18)19)20-9(11(15)16)8(6)21-13(23)25-5-2/h11H,4-5H2,1-3H3,(H,21,23). The van der Waals surface area contributed by atoms with Gasteiger partial charge in [0.05, 0.1) is 18.4 Å². The molecule has 11 heteroatoms. The lowest BCUT2D eigenvalue weighted by molar-refractivity contribution is -0.142. The first-order chi connectivity index (χ1) is 11.6. The molecule has 1 aromatic heterocycles. The Balaban J connectivity index is 3.80. The van der Waals surface area contributed by atoms with E-state index in [1.165, 1.54) is 6.92 Å². The van der Waals surface area contributed by atoms with E-state index in [2.05, 4.69) is 15.0 Å². The number of amides is 1. The van der Waals surface area contributed by atoms with Crippen LogP contribution < -0.4 is 5.32 Å². The SMILES string of the molecule is CCSC(=O)Nc1c(C(F)F)nc(C(F)(F)F)c(C(=O)OC)c1CC. The van der Waals surface area contributed by atoms with Crippen LogP contribution in [0.25, 0.3) is 0 Å². The summed E-state index contributed by atoms with van der Waals surface area (Å²) >= 11 is 0.734. The topological polar surface area (TPSA) is 68.3 Å². The van der Waals surface area contributed by atoms with Crippen molar-refractivity contribution in [1.82, 2.24) is 4.98 Å². The lowest BCUT2D eigenvalue weighted by Gasteiger charge is -2.20. The van der Waals surface area contributed by atoms with E-state index in [4.69, 9.17) is 0 Å². The van der Waals surface area contributed by atoms with Gasteiger partial charge >= 0.3 is 12.1 Å². The number of anilines is 1. The van der Waals surface area contributed by atoms with Crippen LogP contribution in [0.1, 0.15) is 47.6 Å². The number of pyridine rings is 1. The van der Waals surface area contributed by atoms with E-state index in [9.17, 15) is 31.5 Å². The first kappa shape index (κ1) is 21.1.